The van der Waals surface area contributed by atoms with Crippen molar-refractivity contribution in [3.05, 3.63) is 0 Å². The summed E-state index contributed by atoms with van der Waals surface area (Å²) in [5.74, 6) is 0. The predicted molar refractivity (Wildman–Crippen MR) is 113 cm³/mol. The van der Waals surface area contributed by atoms with Crippen molar-refractivity contribution in [3.63, 3.8) is 0 Å². The molecule has 0 saturated carbocycles. The van der Waals surface area contributed by atoms with E-state index in [-0.39, 0.29) is 0 Å². The molecule has 0 aromatic heterocycles. The number of hydrogen-bond donors (Lipinski definition) is 1. The standard InChI is InChI=1S/C23H49NO/c1-4-6-8-10-12-14-16-18-20-24(23(3)22-25)21-19-17-15-13-11-9-7-5-2/h23,25H,4-22H2,1-3H3. The summed E-state index contributed by atoms with van der Waals surface area (Å²) >= 11 is 0. The van der Waals surface area contributed by atoms with Crippen molar-refractivity contribution in [3.8, 4) is 0 Å². The fourth-order valence-corrected chi connectivity index (χ4v) is 3.57. The summed E-state index contributed by atoms with van der Waals surface area (Å²) in [5, 5.41) is 9.51. The second-order valence-corrected chi connectivity index (χ2v) is 8.02. The first-order valence-electron chi connectivity index (χ1n) is 11.6. The maximum Gasteiger partial charge on any atom is 0.0584 e. The highest BCUT2D eigenvalue weighted by molar-refractivity contribution is 4.66. The van der Waals surface area contributed by atoms with Crippen LogP contribution in [0.1, 0.15) is 124 Å². The van der Waals surface area contributed by atoms with Gasteiger partial charge in [0, 0.05) is 6.04 Å². The minimum Gasteiger partial charge on any atom is -0.395 e. The molecule has 0 aromatic carbocycles. The van der Waals surface area contributed by atoms with E-state index in [2.05, 4.69) is 25.7 Å². The van der Waals surface area contributed by atoms with Gasteiger partial charge in [0.05, 0.1) is 6.61 Å². The van der Waals surface area contributed by atoms with Gasteiger partial charge in [0.25, 0.3) is 0 Å². The van der Waals surface area contributed by atoms with Crippen LogP contribution in [0.2, 0.25) is 0 Å². The zero-order valence-electron chi connectivity index (χ0n) is 17.9. The molecule has 2 heteroatoms. The van der Waals surface area contributed by atoms with Crippen LogP contribution in [0.5, 0.6) is 0 Å². The Morgan fingerprint density at radius 3 is 1.20 bits per heavy atom. The molecule has 0 radical (unpaired) electrons. The highest BCUT2D eigenvalue weighted by Gasteiger charge is 2.11. The molecule has 1 unspecified atom stereocenters. The molecule has 0 spiro atoms. The second-order valence-electron chi connectivity index (χ2n) is 8.02. The summed E-state index contributed by atoms with van der Waals surface area (Å²) in [6.07, 6.45) is 22.1. The fourth-order valence-electron chi connectivity index (χ4n) is 3.57. The lowest BCUT2D eigenvalue weighted by atomic mass is 10.1. The van der Waals surface area contributed by atoms with Crippen molar-refractivity contribution in [1.82, 2.24) is 4.90 Å². The van der Waals surface area contributed by atoms with E-state index in [4.69, 9.17) is 0 Å². The number of rotatable bonds is 20. The van der Waals surface area contributed by atoms with E-state index >= 15 is 0 Å². The van der Waals surface area contributed by atoms with Gasteiger partial charge in [0.1, 0.15) is 0 Å². The number of nitrogens with zero attached hydrogens (tertiary/aromatic N) is 1. The third-order valence-electron chi connectivity index (χ3n) is 5.49. The highest BCUT2D eigenvalue weighted by atomic mass is 16.3. The summed E-state index contributed by atoms with van der Waals surface area (Å²) in [5.41, 5.74) is 0. The lowest BCUT2D eigenvalue weighted by molar-refractivity contribution is 0.130. The zero-order chi connectivity index (χ0) is 18.6. The molecule has 0 saturated heterocycles. The zero-order valence-corrected chi connectivity index (χ0v) is 17.9. The van der Waals surface area contributed by atoms with Gasteiger partial charge in [-0.25, -0.2) is 0 Å². The molecule has 0 amide bonds. The Hall–Kier alpha value is -0.0800. The van der Waals surface area contributed by atoms with E-state index in [1.165, 1.54) is 116 Å². The van der Waals surface area contributed by atoms with Crippen molar-refractivity contribution in [1.29, 1.82) is 0 Å². The molecule has 1 N–H and O–H groups in total. The Labute approximate surface area is 159 Å². The van der Waals surface area contributed by atoms with Crippen LogP contribution >= 0.6 is 0 Å². The van der Waals surface area contributed by atoms with E-state index in [1.807, 2.05) is 0 Å². The average Bonchev–Trinajstić information content (AvgIpc) is 2.63. The Morgan fingerprint density at radius 1 is 0.560 bits per heavy atom. The van der Waals surface area contributed by atoms with Crippen molar-refractivity contribution in [2.24, 2.45) is 0 Å². The predicted octanol–water partition coefficient (Wildman–Crippen LogP) is 6.95. The van der Waals surface area contributed by atoms with Crippen molar-refractivity contribution < 1.29 is 5.11 Å². The number of unbranched alkanes of at least 4 members (excludes halogenated alkanes) is 14. The van der Waals surface area contributed by atoms with Crippen LogP contribution < -0.4 is 0 Å². The summed E-state index contributed by atoms with van der Waals surface area (Å²) in [7, 11) is 0. The van der Waals surface area contributed by atoms with Gasteiger partial charge in [-0.1, -0.05) is 104 Å². The largest absolute Gasteiger partial charge is 0.395 e. The van der Waals surface area contributed by atoms with Crippen molar-refractivity contribution in [2.45, 2.75) is 130 Å². The van der Waals surface area contributed by atoms with Crippen molar-refractivity contribution >= 4 is 0 Å². The summed E-state index contributed by atoms with van der Waals surface area (Å²) in [4.78, 5) is 2.52. The van der Waals surface area contributed by atoms with Gasteiger partial charge in [0.2, 0.25) is 0 Å². The number of hydrogen-bond acceptors (Lipinski definition) is 2. The van der Waals surface area contributed by atoms with E-state index in [0.717, 1.165) is 0 Å². The summed E-state index contributed by atoms with van der Waals surface area (Å²) in [6.45, 7) is 9.39. The Bertz CT molecular complexity index is 224. The minimum absolute atomic E-state index is 0.300. The normalized spacial score (nSPS) is 12.8. The van der Waals surface area contributed by atoms with Gasteiger partial charge in [-0.3, -0.25) is 4.90 Å². The maximum atomic E-state index is 9.51. The monoisotopic (exact) mass is 355 g/mol. The molecule has 0 aliphatic rings. The molecule has 0 rings (SSSR count). The third-order valence-corrected chi connectivity index (χ3v) is 5.49. The van der Waals surface area contributed by atoms with Gasteiger partial charge in [-0.15, -0.1) is 0 Å². The molecule has 152 valence electrons. The Kier molecular flexibility index (Phi) is 20.2. The van der Waals surface area contributed by atoms with E-state index in [1.54, 1.807) is 0 Å². The highest BCUT2D eigenvalue weighted by Crippen LogP contribution is 2.12. The molecule has 0 bridgehead atoms. The fraction of sp³-hybridized carbons (Fsp3) is 1.00. The van der Waals surface area contributed by atoms with Crippen LogP contribution in [0.4, 0.5) is 0 Å². The van der Waals surface area contributed by atoms with Crippen LogP contribution in [0, 0.1) is 0 Å². The third kappa shape index (κ3) is 17.1. The molecule has 0 heterocycles. The first-order valence-corrected chi connectivity index (χ1v) is 11.6. The van der Waals surface area contributed by atoms with Crippen LogP contribution in [-0.4, -0.2) is 35.7 Å². The lowest BCUT2D eigenvalue weighted by Gasteiger charge is -2.27. The lowest BCUT2D eigenvalue weighted by Crippen LogP contribution is -2.37. The minimum atomic E-state index is 0.300. The Morgan fingerprint density at radius 2 is 0.880 bits per heavy atom. The Balaban J connectivity index is 3.62. The van der Waals surface area contributed by atoms with E-state index in [0.29, 0.717) is 12.6 Å². The smallest absolute Gasteiger partial charge is 0.0584 e. The number of aliphatic hydroxyl groups excluding tert-OH is 1. The van der Waals surface area contributed by atoms with Gasteiger partial charge >= 0.3 is 0 Å². The van der Waals surface area contributed by atoms with Gasteiger partial charge in [-0.05, 0) is 32.9 Å². The molecule has 2 nitrogen and oxygen atoms in total. The van der Waals surface area contributed by atoms with Gasteiger partial charge in [0.15, 0.2) is 0 Å². The van der Waals surface area contributed by atoms with E-state index < -0.39 is 0 Å². The molecular formula is C23H49NO. The number of aliphatic hydroxyl groups is 1. The van der Waals surface area contributed by atoms with Gasteiger partial charge < -0.3 is 5.11 Å². The van der Waals surface area contributed by atoms with Crippen LogP contribution in [0.25, 0.3) is 0 Å². The molecule has 25 heavy (non-hydrogen) atoms. The molecule has 0 aliphatic heterocycles. The first-order chi connectivity index (χ1) is 12.3. The van der Waals surface area contributed by atoms with Crippen LogP contribution in [0.3, 0.4) is 0 Å². The maximum absolute atomic E-state index is 9.51. The van der Waals surface area contributed by atoms with Crippen LogP contribution in [-0.2, 0) is 0 Å². The molecule has 0 aliphatic carbocycles. The van der Waals surface area contributed by atoms with E-state index in [9.17, 15) is 5.11 Å². The van der Waals surface area contributed by atoms with Gasteiger partial charge in [-0.2, -0.15) is 0 Å². The molecular weight excluding hydrogens is 306 g/mol. The molecule has 1 atom stereocenters. The molecule has 0 fully saturated rings. The van der Waals surface area contributed by atoms with Crippen molar-refractivity contribution in [2.75, 3.05) is 19.7 Å². The quantitative estimate of drug-likeness (QED) is 0.239. The summed E-state index contributed by atoms with van der Waals surface area (Å²) < 4.78 is 0. The molecule has 0 aromatic rings. The average molecular weight is 356 g/mol. The summed E-state index contributed by atoms with van der Waals surface area (Å²) in [6, 6.07) is 0.328. The second kappa shape index (κ2) is 20.2. The SMILES string of the molecule is CCCCCCCCCCN(CCCCCCCCCC)C(C)CO. The topological polar surface area (TPSA) is 23.5 Å². The van der Waals surface area contributed by atoms with Crippen LogP contribution in [0.15, 0.2) is 0 Å². The first kappa shape index (κ1) is 24.9.